The van der Waals surface area contributed by atoms with Crippen LogP contribution in [0, 0.1) is 27.7 Å². The van der Waals surface area contributed by atoms with Crippen LogP contribution in [-0.4, -0.2) is 0 Å². The van der Waals surface area contributed by atoms with Crippen molar-refractivity contribution in [2.45, 2.75) is 27.7 Å². The van der Waals surface area contributed by atoms with E-state index in [2.05, 4.69) is 73.0 Å². The van der Waals surface area contributed by atoms with Crippen LogP contribution in [-0.2, 0) is 0 Å². The van der Waals surface area contributed by atoms with Gasteiger partial charge in [-0.1, -0.05) is 36.4 Å². The minimum absolute atomic E-state index is 0.723. The summed E-state index contributed by atoms with van der Waals surface area (Å²) in [7, 11) is 1.45. The average molecular weight is 302 g/mol. The first-order valence-corrected chi connectivity index (χ1v) is 8.62. The fourth-order valence-electron chi connectivity index (χ4n) is 2.72. The van der Waals surface area contributed by atoms with E-state index < -0.39 is 0 Å². The number of hydrogen-bond acceptors (Lipinski definition) is 2. The van der Waals surface area contributed by atoms with E-state index in [4.69, 9.17) is 0 Å². The molecule has 1 saturated heterocycles. The largest absolute Gasteiger partial charge is 0.298 e. The summed E-state index contributed by atoms with van der Waals surface area (Å²) in [5.41, 5.74) is 8.37. The molecule has 2 aromatic carbocycles. The van der Waals surface area contributed by atoms with Crippen LogP contribution < -0.4 is 8.88 Å². The molecular formula is C16H20N2P2. The summed E-state index contributed by atoms with van der Waals surface area (Å²) in [6.07, 6.45) is 0. The van der Waals surface area contributed by atoms with Crippen LogP contribution in [0.2, 0.25) is 0 Å². The first-order valence-electron chi connectivity index (χ1n) is 6.83. The van der Waals surface area contributed by atoms with E-state index in [1.165, 1.54) is 33.6 Å². The van der Waals surface area contributed by atoms with Crippen molar-refractivity contribution in [1.82, 2.24) is 0 Å². The minimum atomic E-state index is 0.723. The van der Waals surface area contributed by atoms with Crippen LogP contribution in [0.5, 0.6) is 0 Å². The number of rotatable bonds is 2. The lowest BCUT2D eigenvalue weighted by molar-refractivity contribution is 1.30. The Balaban J connectivity index is 1.83. The predicted octanol–water partition coefficient (Wildman–Crippen LogP) is 5.26. The van der Waals surface area contributed by atoms with Gasteiger partial charge in [-0.3, -0.25) is 8.88 Å². The molecular weight excluding hydrogens is 282 g/mol. The van der Waals surface area contributed by atoms with Gasteiger partial charge in [0, 0.05) is 0 Å². The molecule has 1 aliphatic rings. The topological polar surface area (TPSA) is 6.48 Å². The lowest BCUT2D eigenvalue weighted by Crippen LogP contribution is -2.26. The molecule has 4 heteroatoms. The van der Waals surface area contributed by atoms with Crippen molar-refractivity contribution in [1.29, 1.82) is 0 Å². The van der Waals surface area contributed by atoms with Crippen LogP contribution in [0.3, 0.4) is 0 Å². The molecule has 2 nitrogen and oxygen atoms in total. The molecule has 1 aliphatic heterocycles. The van der Waals surface area contributed by atoms with Gasteiger partial charge in [-0.15, -0.1) is 0 Å². The average Bonchev–Trinajstić information content (AvgIpc) is 2.34. The van der Waals surface area contributed by atoms with Crippen molar-refractivity contribution in [3.63, 3.8) is 0 Å². The van der Waals surface area contributed by atoms with Crippen LogP contribution >= 0.6 is 17.8 Å². The van der Waals surface area contributed by atoms with E-state index in [9.17, 15) is 0 Å². The Morgan fingerprint density at radius 2 is 0.900 bits per heavy atom. The fraction of sp³-hybridized carbons (Fsp3) is 0.250. The van der Waals surface area contributed by atoms with Crippen molar-refractivity contribution in [2.75, 3.05) is 8.88 Å². The van der Waals surface area contributed by atoms with E-state index in [-0.39, 0.29) is 0 Å². The predicted molar refractivity (Wildman–Crippen MR) is 93.4 cm³/mol. The second-order valence-corrected chi connectivity index (χ2v) is 8.43. The van der Waals surface area contributed by atoms with Gasteiger partial charge < -0.3 is 0 Å². The Morgan fingerprint density at radius 3 is 1.20 bits per heavy atom. The molecule has 0 amide bonds. The lowest BCUT2D eigenvalue weighted by Gasteiger charge is -2.46. The molecule has 1 heterocycles. The van der Waals surface area contributed by atoms with E-state index in [0.29, 0.717) is 0 Å². The maximum Gasteiger partial charge on any atom is 0.0892 e. The zero-order valence-electron chi connectivity index (χ0n) is 12.4. The maximum atomic E-state index is 2.51. The molecule has 0 spiro atoms. The molecule has 3 rings (SSSR count). The van der Waals surface area contributed by atoms with Gasteiger partial charge >= 0.3 is 0 Å². The normalized spacial score (nSPS) is 16.8. The van der Waals surface area contributed by atoms with Crippen LogP contribution in [0.25, 0.3) is 0 Å². The smallest absolute Gasteiger partial charge is 0.0892 e. The number of nitrogens with zero attached hydrogens (tertiary/aromatic N) is 2. The monoisotopic (exact) mass is 302 g/mol. The molecule has 2 aromatic rings. The Morgan fingerprint density at radius 1 is 0.600 bits per heavy atom. The van der Waals surface area contributed by atoms with Crippen molar-refractivity contribution in [3.8, 4) is 0 Å². The summed E-state index contributed by atoms with van der Waals surface area (Å²) in [5.74, 6) is 0. The number of hydrogen-bond donors (Lipinski definition) is 0. The first kappa shape index (κ1) is 13.9. The fourth-order valence-corrected chi connectivity index (χ4v) is 5.83. The maximum absolute atomic E-state index is 2.51. The summed E-state index contributed by atoms with van der Waals surface area (Å²) in [6.45, 7) is 8.83. The van der Waals surface area contributed by atoms with Gasteiger partial charge in [0.2, 0.25) is 0 Å². The molecule has 104 valence electrons. The highest BCUT2D eigenvalue weighted by Crippen LogP contribution is 2.60. The van der Waals surface area contributed by atoms with Gasteiger partial charge in [-0.05, 0) is 49.9 Å². The summed E-state index contributed by atoms with van der Waals surface area (Å²) in [6, 6.07) is 13.1. The Kier molecular flexibility index (Phi) is 3.71. The van der Waals surface area contributed by atoms with E-state index in [0.717, 1.165) is 17.8 Å². The van der Waals surface area contributed by atoms with Crippen LogP contribution in [0.15, 0.2) is 36.4 Å². The Bertz CT molecular complexity index is 553. The highest BCUT2D eigenvalue weighted by atomic mass is 31.2. The highest BCUT2D eigenvalue weighted by molar-refractivity contribution is 7.78. The molecule has 0 aromatic heterocycles. The molecule has 20 heavy (non-hydrogen) atoms. The van der Waals surface area contributed by atoms with Gasteiger partial charge in [-0.2, -0.15) is 0 Å². The number of benzene rings is 2. The molecule has 0 N–H and O–H groups in total. The molecule has 0 radical (unpaired) electrons. The highest BCUT2D eigenvalue weighted by Gasteiger charge is 2.29. The summed E-state index contributed by atoms with van der Waals surface area (Å²) in [5, 5.41) is 0. The summed E-state index contributed by atoms with van der Waals surface area (Å²) < 4.78 is 5.02. The van der Waals surface area contributed by atoms with Gasteiger partial charge in [0.05, 0.1) is 29.1 Å². The zero-order valence-corrected chi connectivity index (χ0v) is 14.4. The third-order valence-corrected chi connectivity index (χ3v) is 6.62. The van der Waals surface area contributed by atoms with Gasteiger partial charge in [0.15, 0.2) is 0 Å². The molecule has 0 saturated carbocycles. The van der Waals surface area contributed by atoms with Gasteiger partial charge in [-0.25, -0.2) is 0 Å². The lowest BCUT2D eigenvalue weighted by atomic mass is 10.1. The third kappa shape index (κ3) is 2.32. The molecule has 0 bridgehead atoms. The second-order valence-electron chi connectivity index (χ2n) is 5.35. The number of para-hydroxylation sites is 2. The van der Waals surface area contributed by atoms with Crippen LogP contribution in [0.1, 0.15) is 22.3 Å². The van der Waals surface area contributed by atoms with Crippen molar-refractivity contribution in [2.24, 2.45) is 0 Å². The quantitative estimate of drug-likeness (QED) is 0.698. The van der Waals surface area contributed by atoms with E-state index in [1.807, 2.05) is 0 Å². The van der Waals surface area contributed by atoms with Crippen molar-refractivity contribution in [3.05, 3.63) is 58.7 Å². The van der Waals surface area contributed by atoms with E-state index >= 15 is 0 Å². The molecule has 1 fully saturated rings. The molecule has 0 atom stereocenters. The second kappa shape index (κ2) is 5.35. The molecule has 0 unspecified atom stereocenters. The zero-order chi connectivity index (χ0) is 14.3. The van der Waals surface area contributed by atoms with E-state index in [1.54, 1.807) is 0 Å². The van der Waals surface area contributed by atoms with Gasteiger partial charge in [0.25, 0.3) is 0 Å². The Labute approximate surface area is 125 Å². The van der Waals surface area contributed by atoms with Crippen molar-refractivity contribution < 1.29 is 0 Å². The van der Waals surface area contributed by atoms with Crippen molar-refractivity contribution >= 4 is 29.1 Å². The first-order chi connectivity index (χ1) is 9.58. The Hall–Kier alpha value is -1.10. The SMILES string of the molecule is Cc1cccc(C)c1N1PN(c2c(C)cccc2C)P1. The van der Waals surface area contributed by atoms with Crippen LogP contribution in [0.4, 0.5) is 11.4 Å². The summed E-state index contributed by atoms with van der Waals surface area (Å²) >= 11 is 0. The number of anilines is 2. The molecule has 0 aliphatic carbocycles. The van der Waals surface area contributed by atoms with Gasteiger partial charge in [0.1, 0.15) is 0 Å². The third-order valence-electron chi connectivity index (χ3n) is 3.73. The minimum Gasteiger partial charge on any atom is -0.298 e. The summed E-state index contributed by atoms with van der Waals surface area (Å²) in [4.78, 5) is 0. The number of aryl methyl sites for hydroxylation is 4. The standard InChI is InChI=1S/C16H20N2P2/c1-11-7-5-8-12(2)15(11)17-19-18(20-17)16-13(3)9-6-10-14(16)4/h5-10,19-20H,1-4H3.